The first-order valence-electron chi connectivity index (χ1n) is 7.92. The Balaban J connectivity index is 1.92. The van der Waals surface area contributed by atoms with Crippen LogP contribution < -0.4 is 4.74 Å². The molecule has 0 aromatic heterocycles. The minimum absolute atomic E-state index is 0.0131. The van der Waals surface area contributed by atoms with E-state index in [-0.39, 0.29) is 29.3 Å². The molecule has 1 atom stereocenters. The molecule has 4 nitrogen and oxygen atoms in total. The summed E-state index contributed by atoms with van der Waals surface area (Å²) in [6.45, 7) is 3.98. The molecule has 0 amide bonds. The summed E-state index contributed by atoms with van der Waals surface area (Å²) in [4.78, 5) is 12.5. The number of fused-ring (bicyclic) bond motifs is 1. The van der Waals surface area contributed by atoms with Gasteiger partial charge >= 0.3 is 0 Å². The highest BCUT2D eigenvalue weighted by Gasteiger charge is 2.31. The van der Waals surface area contributed by atoms with Gasteiger partial charge < -0.3 is 14.9 Å². The number of Topliss-reactive ketones (excluding diaryl/α,β-unsaturated/α-hetero) is 1. The van der Waals surface area contributed by atoms with Gasteiger partial charge in [-0.2, -0.15) is 0 Å². The smallest absolute Gasteiger partial charge is 0.174 e. The van der Waals surface area contributed by atoms with Gasteiger partial charge in [0.2, 0.25) is 0 Å². The molecule has 24 heavy (non-hydrogen) atoms. The van der Waals surface area contributed by atoms with Crippen LogP contribution in [0.5, 0.6) is 17.2 Å². The first kappa shape index (κ1) is 16.1. The molecular weight excluding hydrogens is 304 g/mol. The van der Waals surface area contributed by atoms with Crippen LogP contribution in [0.3, 0.4) is 0 Å². The van der Waals surface area contributed by atoms with Gasteiger partial charge in [0.05, 0.1) is 6.42 Å². The molecule has 2 aromatic rings. The van der Waals surface area contributed by atoms with Crippen molar-refractivity contribution in [2.45, 2.75) is 32.8 Å². The lowest BCUT2D eigenvalue weighted by molar-refractivity contribution is 0.0845. The van der Waals surface area contributed by atoms with Crippen molar-refractivity contribution in [1.29, 1.82) is 0 Å². The number of hydrogen-bond donors (Lipinski definition) is 2. The number of benzene rings is 2. The zero-order valence-electron chi connectivity index (χ0n) is 13.7. The van der Waals surface area contributed by atoms with Gasteiger partial charge in [-0.15, -0.1) is 0 Å². The van der Waals surface area contributed by atoms with Crippen molar-refractivity contribution in [1.82, 2.24) is 0 Å². The minimum Gasteiger partial charge on any atom is -0.508 e. The van der Waals surface area contributed by atoms with Crippen molar-refractivity contribution < 1.29 is 19.7 Å². The van der Waals surface area contributed by atoms with Crippen molar-refractivity contribution in [2.24, 2.45) is 0 Å². The summed E-state index contributed by atoms with van der Waals surface area (Å²) >= 11 is 0. The molecule has 2 aromatic carbocycles. The van der Waals surface area contributed by atoms with E-state index in [1.165, 1.54) is 0 Å². The minimum atomic E-state index is -0.409. The van der Waals surface area contributed by atoms with Gasteiger partial charge in [0.25, 0.3) is 0 Å². The van der Waals surface area contributed by atoms with E-state index in [4.69, 9.17) is 4.74 Å². The highest BCUT2D eigenvalue weighted by Crippen LogP contribution is 2.41. The summed E-state index contributed by atoms with van der Waals surface area (Å²) in [7, 11) is 0. The molecule has 3 rings (SSSR count). The molecule has 0 radical (unpaired) electrons. The maximum Gasteiger partial charge on any atom is 0.174 e. The summed E-state index contributed by atoms with van der Waals surface area (Å²) in [5.74, 6) is 0.454. The third-order valence-corrected chi connectivity index (χ3v) is 4.14. The molecule has 1 aliphatic heterocycles. The summed E-state index contributed by atoms with van der Waals surface area (Å²) in [6, 6.07) is 10.1. The SMILES string of the molecule is CC(C)=CCc1ccc2c(c1O)C(=O)CC(c1ccc(O)cc1)O2. The third-order valence-electron chi connectivity index (χ3n) is 4.14. The van der Waals surface area contributed by atoms with Crippen molar-refractivity contribution in [3.05, 3.63) is 64.7 Å². The van der Waals surface area contributed by atoms with E-state index >= 15 is 0 Å². The van der Waals surface area contributed by atoms with Gasteiger partial charge in [-0.3, -0.25) is 4.79 Å². The summed E-state index contributed by atoms with van der Waals surface area (Å²) in [5.41, 5.74) is 2.96. The molecule has 124 valence electrons. The van der Waals surface area contributed by atoms with E-state index in [2.05, 4.69) is 0 Å². The number of hydrogen-bond acceptors (Lipinski definition) is 4. The monoisotopic (exact) mass is 324 g/mol. The van der Waals surface area contributed by atoms with Crippen molar-refractivity contribution in [2.75, 3.05) is 0 Å². The molecule has 1 heterocycles. The largest absolute Gasteiger partial charge is 0.508 e. The molecule has 0 saturated carbocycles. The number of phenolic OH excluding ortho intramolecular Hbond substituents is 2. The van der Waals surface area contributed by atoms with Crippen LogP contribution in [0.4, 0.5) is 0 Å². The number of ether oxygens (including phenoxy) is 1. The van der Waals surface area contributed by atoms with Crippen LogP contribution in [0.1, 0.15) is 47.9 Å². The quantitative estimate of drug-likeness (QED) is 0.826. The normalized spacial score (nSPS) is 16.2. The second-order valence-corrected chi connectivity index (χ2v) is 6.26. The van der Waals surface area contributed by atoms with E-state index in [9.17, 15) is 15.0 Å². The average molecular weight is 324 g/mol. The van der Waals surface area contributed by atoms with Crippen LogP contribution in [-0.4, -0.2) is 16.0 Å². The van der Waals surface area contributed by atoms with Crippen molar-refractivity contribution >= 4 is 5.78 Å². The number of ketones is 1. The number of carbonyl (C=O) groups excluding carboxylic acids is 1. The zero-order chi connectivity index (χ0) is 17.3. The van der Waals surface area contributed by atoms with Crippen LogP contribution in [0.25, 0.3) is 0 Å². The predicted molar refractivity (Wildman–Crippen MR) is 91.7 cm³/mol. The first-order valence-corrected chi connectivity index (χ1v) is 7.92. The van der Waals surface area contributed by atoms with Gasteiger partial charge in [0.15, 0.2) is 5.78 Å². The Morgan fingerprint density at radius 2 is 1.88 bits per heavy atom. The van der Waals surface area contributed by atoms with Crippen LogP contribution in [0, 0.1) is 0 Å². The number of carbonyl (C=O) groups is 1. The van der Waals surface area contributed by atoms with Gasteiger partial charge in [-0.1, -0.05) is 29.8 Å². The Labute approximate surface area is 141 Å². The maximum atomic E-state index is 12.5. The second-order valence-electron chi connectivity index (χ2n) is 6.26. The van der Waals surface area contributed by atoms with Crippen molar-refractivity contribution in [3.8, 4) is 17.2 Å². The molecule has 0 fully saturated rings. The van der Waals surface area contributed by atoms with Gasteiger partial charge in [0.1, 0.15) is 28.9 Å². The Morgan fingerprint density at radius 3 is 2.54 bits per heavy atom. The summed E-state index contributed by atoms with van der Waals surface area (Å²) < 4.78 is 5.91. The summed E-state index contributed by atoms with van der Waals surface area (Å²) in [5, 5.41) is 19.8. The van der Waals surface area contributed by atoms with E-state index in [0.717, 1.165) is 16.7 Å². The van der Waals surface area contributed by atoms with E-state index in [0.29, 0.717) is 12.2 Å². The van der Waals surface area contributed by atoms with E-state index in [1.807, 2.05) is 19.9 Å². The molecule has 0 bridgehead atoms. The van der Waals surface area contributed by atoms with E-state index < -0.39 is 6.10 Å². The maximum absolute atomic E-state index is 12.5. The number of phenols is 2. The Morgan fingerprint density at radius 1 is 1.17 bits per heavy atom. The Bertz CT molecular complexity index is 799. The van der Waals surface area contributed by atoms with E-state index in [1.54, 1.807) is 36.4 Å². The van der Waals surface area contributed by atoms with Crippen LogP contribution >= 0.6 is 0 Å². The second kappa shape index (κ2) is 6.40. The van der Waals surface area contributed by atoms with Gasteiger partial charge in [-0.05, 0) is 49.6 Å². The Kier molecular flexibility index (Phi) is 4.30. The highest BCUT2D eigenvalue weighted by atomic mass is 16.5. The molecule has 1 unspecified atom stereocenters. The highest BCUT2D eigenvalue weighted by molar-refractivity contribution is 6.02. The predicted octanol–water partition coefficient (Wildman–Crippen LogP) is 4.31. The average Bonchev–Trinajstić information content (AvgIpc) is 2.54. The molecule has 0 spiro atoms. The lowest BCUT2D eigenvalue weighted by Crippen LogP contribution is -2.20. The lowest BCUT2D eigenvalue weighted by atomic mass is 9.93. The third kappa shape index (κ3) is 3.13. The molecular formula is C20H20O4. The zero-order valence-corrected chi connectivity index (χ0v) is 13.7. The van der Waals surface area contributed by atoms with Crippen LogP contribution in [0.2, 0.25) is 0 Å². The number of aromatic hydroxyl groups is 2. The fourth-order valence-electron chi connectivity index (χ4n) is 2.80. The first-order chi connectivity index (χ1) is 11.5. The fourth-order valence-corrected chi connectivity index (χ4v) is 2.80. The van der Waals surface area contributed by atoms with Gasteiger partial charge in [0, 0.05) is 0 Å². The molecule has 0 saturated heterocycles. The topological polar surface area (TPSA) is 66.8 Å². The number of rotatable bonds is 3. The molecule has 1 aliphatic rings. The van der Waals surface area contributed by atoms with Crippen LogP contribution in [-0.2, 0) is 6.42 Å². The number of allylic oxidation sites excluding steroid dienone is 2. The van der Waals surface area contributed by atoms with Crippen LogP contribution in [0.15, 0.2) is 48.0 Å². The molecule has 4 heteroatoms. The van der Waals surface area contributed by atoms with Crippen molar-refractivity contribution in [3.63, 3.8) is 0 Å². The Hall–Kier alpha value is -2.75. The summed E-state index contributed by atoms with van der Waals surface area (Å²) in [6.07, 6.45) is 2.34. The lowest BCUT2D eigenvalue weighted by Gasteiger charge is -2.26. The molecule has 2 N–H and O–H groups in total. The van der Waals surface area contributed by atoms with Gasteiger partial charge in [-0.25, -0.2) is 0 Å². The molecule has 0 aliphatic carbocycles. The standard InChI is InChI=1S/C20H20O4/c1-12(2)3-4-14-7-10-17-19(20(14)23)16(22)11-18(24-17)13-5-8-15(21)9-6-13/h3,5-10,18,21,23H,4,11H2,1-2H3. The fraction of sp³-hybridized carbons (Fsp3) is 0.250.